The van der Waals surface area contributed by atoms with Gasteiger partial charge < -0.3 is 24.4 Å². The molecule has 1 N–H and O–H groups in total. The minimum absolute atomic E-state index is 0.331. The van der Waals surface area contributed by atoms with Crippen molar-refractivity contribution in [3.8, 4) is 11.5 Å². The maximum absolute atomic E-state index is 5.47. The highest BCUT2D eigenvalue weighted by Crippen LogP contribution is 2.32. The molecule has 5 nitrogen and oxygen atoms in total. The summed E-state index contributed by atoms with van der Waals surface area (Å²) in [4.78, 5) is 2.30. The van der Waals surface area contributed by atoms with Gasteiger partial charge in [0.15, 0.2) is 11.5 Å². The largest absolute Gasteiger partial charge is 0.454 e. The van der Waals surface area contributed by atoms with Gasteiger partial charge in [-0.2, -0.15) is 0 Å². The number of likely N-dealkylation sites (N-methyl/N-ethyl adjacent to an activating group) is 1. The van der Waals surface area contributed by atoms with E-state index in [4.69, 9.17) is 14.2 Å². The van der Waals surface area contributed by atoms with Crippen LogP contribution in [0, 0.1) is 0 Å². The highest BCUT2D eigenvalue weighted by Gasteiger charge is 2.17. The van der Waals surface area contributed by atoms with Crippen molar-refractivity contribution in [2.24, 2.45) is 0 Å². The lowest BCUT2D eigenvalue weighted by molar-refractivity contribution is 0.0645. The van der Waals surface area contributed by atoms with Crippen LogP contribution in [-0.2, 0) is 11.3 Å². The standard InChI is InChI=1S/C14H20N2O3/c1-16(8-12-9-17-5-4-15-12)7-11-2-3-13-14(6-11)19-10-18-13/h2-3,6,12,15H,4-5,7-10H2,1H3. The van der Waals surface area contributed by atoms with Crippen LogP contribution >= 0.6 is 0 Å². The molecule has 2 aliphatic heterocycles. The van der Waals surface area contributed by atoms with E-state index in [1.54, 1.807) is 0 Å². The van der Waals surface area contributed by atoms with Gasteiger partial charge in [0.05, 0.1) is 13.2 Å². The Labute approximate surface area is 113 Å². The molecule has 0 radical (unpaired) electrons. The van der Waals surface area contributed by atoms with Gasteiger partial charge in [-0.1, -0.05) is 6.07 Å². The van der Waals surface area contributed by atoms with E-state index in [1.165, 1.54) is 5.56 Å². The summed E-state index contributed by atoms with van der Waals surface area (Å²) in [5.41, 5.74) is 1.24. The maximum Gasteiger partial charge on any atom is 0.231 e. The molecule has 0 spiro atoms. The zero-order valence-electron chi connectivity index (χ0n) is 11.2. The van der Waals surface area contributed by atoms with Crippen molar-refractivity contribution in [3.63, 3.8) is 0 Å². The molecule has 1 fully saturated rings. The predicted octanol–water partition coefficient (Wildman–Crippen LogP) is 0.835. The van der Waals surface area contributed by atoms with Crippen LogP contribution in [0.3, 0.4) is 0 Å². The van der Waals surface area contributed by atoms with Crippen LogP contribution in [0.2, 0.25) is 0 Å². The topological polar surface area (TPSA) is 43.0 Å². The number of benzene rings is 1. The maximum atomic E-state index is 5.47. The monoisotopic (exact) mass is 264 g/mol. The third kappa shape index (κ3) is 3.18. The van der Waals surface area contributed by atoms with E-state index in [0.717, 1.165) is 44.3 Å². The lowest BCUT2D eigenvalue weighted by atomic mass is 10.2. The fraction of sp³-hybridized carbons (Fsp3) is 0.571. The van der Waals surface area contributed by atoms with Gasteiger partial charge in [-0.3, -0.25) is 0 Å². The van der Waals surface area contributed by atoms with Crippen LogP contribution in [0.5, 0.6) is 11.5 Å². The Morgan fingerprint density at radius 2 is 2.21 bits per heavy atom. The highest BCUT2D eigenvalue weighted by atomic mass is 16.7. The predicted molar refractivity (Wildman–Crippen MR) is 71.5 cm³/mol. The zero-order chi connectivity index (χ0) is 13.1. The first-order valence-electron chi connectivity index (χ1n) is 6.69. The van der Waals surface area contributed by atoms with Gasteiger partial charge in [0, 0.05) is 25.7 Å². The van der Waals surface area contributed by atoms with Crippen molar-refractivity contribution >= 4 is 0 Å². The van der Waals surface area contributed by atoms with Crippen molar-refractivity contribution in [2.75, 3.05) is 40.1 Å². The van der Waals surface area contributed by atoms with E-state index in [-0.39, 0.29) is 0 Å². The molecule has 5 heteroatoms. The Morgan fingerprint density at radius 1 is 1.32 bits per heavy atom. The molecule has 0 aliphatic carbocycles. The van der Waals surface area contributed by atoms with Crippen LogP contribution in [0.1, 0.15) is 5.56 Å². The van der Waals surface area contributed by atoms with Crippen LogP contribution < -0.4 is 14.8 Å². The number of nitrogens with zero attached hydrogens (tertiary/aromatic N) is 1. The molecule has 0 aromatic heterocycles. The van der Waals surface area contributed by atoms with Crippen molar-refractivity contribution in [1.29, 1.82) is 0 Å². The second-order valence-electron chi connectivity index (χ2n) is 5.11. The summed E-state index contributed by atoms with van der Waals surface area (Å²) in [7, 11) is 2.13. The second kappa shape index (κ2) is 5.77. The van der Waals surface area contributed by atoms with Gasteiger partial charge >= 0.3 is 0 Å². The minimum Gasteiger partial charge on any atom is -0.454 e. The SMILES string of the molecule is CN(Cc1ccc2c(c1)OCO2)CC1COCCN1. The minimum atomic E-state index is 0.331. The van der Waals surface area contributed by atoms with Gasteiger partial charge in [0.25, 0.3) is 0 Å². The molecule has 19 heavy (non-hydrogen) atoms. The normalized spacial score (nSPS) is 21.9. The van der Waals surface area contributed by atoms with Crippen molar-refractivity contribution in [1.82, 2.24) is 10.2 Å². The number of rotatable bonds is 4. The van der Waals surface area contributed by atoms with Gasteiger partial charge in [-0.05, 0) is 24.7 Å². The number of ether oxygens (including phenoxy) is 3. The average Bonchev–Trinajstić information content (AvgIpc) is 2.87. The summed E-state index contributed by atoms with van der Waals surface area (Å²) in [5, 5.41) is 3.47. The van der Waals surface area contributed by atoms with Crippen LogP contribution in [0.25, 0.3) is 0 Å². The molecule has 1 unspecified atom stereocenters. The number of hydrogen-bond acceptors (Lipinski definition) is 5. The third-order valence-corrected chi connectivity index (χ3v) is 3.42. The first-order chi connectivity index (χ1) is 9.31. The Kier molecular flexibility index (Phi) is 3.87. The Morgan fingerprint density at radius 3 is 3.05 bits per heavy atom. The zero-order valence-corrected chi connectivity index (χ0v) is 11.2. The summed E-state index contributed by atoms with van der Waals surface area (Å²) in [5.74, 6) is 1.69. The highest BCUT2D eigenvalue weighted by molar-refractivity contribution is 5.44. The first-order valence-corrected chi connectivity index (χ1v) is 6.69. The number of morpholine rings is 1. The Hall–Kier alpha value is -1.30. The molecule has 2 heterocycles. The number of fused-ring (bicyclic) bond motifs is 1. The summed E-state index contributed by atoms with van der Waals surface area (Å²) in [6.45, 7) is 4.78. The fourth-order valence-electron chi connectivity index (χ4n) is 2.53. The molecule has 0 bridgehead atoms. The summed E-state index contributed by atoms with van der Waals surface area (Å²) < 4.78 is 16.2. The molecule has 1 saturated heterocycles. The van der Waals surface area contributed by atoms with Crippen molar-refractivity contribution < 1.29 is 14.2 Å². The van der Waals surface area contributed by atoms with Crippen molar-refractivity contribution in [3.05, 3.63) is 23.8 Å². The number of hydrogen-bond donors (Lipinski definition) is 1. The van der Waals surface area contributed by atoms with Gasteiger partial charge in [0.1, 0.15) is 0 Å². The average molecular weight is 264 g/mol. The van der Waals surface area contributed by atoms with Gasteiger partial charge in [-0.15, -0.1) is 0 Å². The quantitative estimate of drug-likeness (QED) is 0.873. The lowest BCUT2D eigenvalue weighted by Crippen LogP contribution is -2.47. The third-order valence-electron chi connectivity index (χ3n) is 3.42. The molecule has 1 aromatic carbocycles. The molecular weight excluding hydrogens is 244 g/mol. The Balaban J connectivity index is 1.55. The molecule has 3 rings (SSSR count). The Bertz CT molecular complexity index is 433. The fourth-order valence-corrected chi connectivity index (χ4v) is 2.53. The van der Waals surface area contributed by atoms with E-state index in [1.807, 2.05) is 6.07 Å². The van der Waals surface area contributed by atoms with Crippen LogP contribution in [-0.4, -0.2) is 51.1 Å². The van der Waals surface area contributed by atoms with E-state index in [9.17, 15) is 0 Å². The number of nitrogens with one attached hydrogen (secondary N) is 1. The smallest absolute Gasteiger partial charge is 0.231 e. The lowest BCUT2D eigenvalue weighted by Gasteiger charge is -2.28. The molecule has 1 aromatic rings. The summed E-state index contributed by atoms with van der Waals surface area (Å²) >= 11 is 0. The van der Waals surface area contributed by atoms with E-state index in [2.05, 4.69) is 29.4 Å². The molecular formula is C14H20N2O3. The molecule has 2 aliphatic rings. The first kappa shape index (κ1) is 12.7. The van der Waals surface area contributed by atoms with E-state index < -0.39 is 0 Å². The molecule has 0 amide bonds. The van der Waals surface area contributed by atoms with E-state index in [0.29, 0.717) is 12.8 Å². The van der Waals surface area contributed by atoms with Crippen LogP contribution in [0.15, 0.2) is 18.2 Å². The summed E-state index contributed by atoms with van der Waals surface area (Å²) in [6.07, 6.45) is 0. The molecule has 104 valence electrons. The second-order valence-corrected chi connectivity index (χ2v) is 5.11. The van der Waals surface area contributed by atoms with E-state index >= 15 is 0 Å². The van der Waals surface area contributed by atoms with Gasteiger partial charge in [-0.25, -0.2) is 0 Å². The molecule has 0 saturated carbocycles. The van der Waals surface area contributed by atoms with Gasteiger partial charge in [0.2, 0.25) is 6.79 Å². The van der Waals surface area contributed by atoms with Crippen LogP contribution in [0.4, 0.5) is 0 Å². The van der Waals surface area contributed by atoms with Crippen molar-refractivity contribution in [2.45, 2.75) is 12.6 Å². The molecule has 1 atom stereocenters. The summed E-state index contributed by atoms with van der Waals surface area (Å²) in [6, 6.07) is 6.55.